The van der Waals surface area contributed by atoms with Gasteiger partial charge in [0.05, 0.1) is 19.7 Å². The largest absolute Gasteiger partial charge is 0.497 e. The Bertz CT molecular complexity index is 1090. The van der Waals surface area contributed by atoms with E-state index in [1.165, 1.54) is 19.2 Å². The number of halogens is 3. The van der Waals surface area contributed by atoms with E-state index < -0.39 is 12.3 Å². The van der Waals surface area contributed by atoms with Crippen LogP contribution in [0.5, 0.6) is 11.5 Å². The third kappa shape index (κ3) is 3.23. The molecule has 2 aromatic carbocycles. The first kappa shape index (κ1) is 20.3. The number of ether oxygens (including phenoxy) is 2. The summed E-state index contributed by atoms with van der Waals surface area (Å²) in [5.41, 5.74) is 2.16. The van der Waals surface area contributed by atoms with Crippen molar-refractivity contribution in [2.75, 3.05) is 25.7 Å². The Hall–Kier alpha value is -2.94. The van der Waals surface area contributed by atoms with Gasteiger partial charge in [0.2, 0.25) is 5.95 Å². The fourth-order valence-corrected chi connectivity index (χ4v) is 3.98. The van der Waals surface area contributed by atoms with Crippen LogP contribution in [0.25, 0.3) is 11.0 Å². The van der Waals surface area contributed by atoms with E-state index in [-0.39, 0.29) is 11.1 Å². The maximum atomic E-state index is 13.3. The van der Waals surface area contributed by atoms with E-state index in [2.05, 4.69) is 4.98 Å². The first-order valence-corrected chi connectivity index (χ1v) is 9.50. The highest BCUT2D eigenvalue weighted by molar-refractivity contribution is 5.89. The molecule has 0 bridgehead atoms. The number of hydrogen-bond acceptors (Lipinski definition) is 5. The van der Waals surface area contributed by atoms with Crippen molar-refractivity contribution < 1.29 is 27.8 Å². The zero-order valence-electron chi connectivity index (χ0n) is 16.8. The lowest BCUT2D eigenvalue weighted by Gasteiger charge is -2.31. The number of rotatable bonds is 4. The Balaban J connectivity index is 1.93. The molecule has 1 atom stereocenters. The summed E-state index contributed by atoms with van der Waals surface area (Å²) in [7, 11) is 3.03. The number of aliphatic hydroxyl groups is 1. The second kappa shape index (κ2) is 7.39. The highest BCUT2D eigenvalue weighted by atomic mass is 19.4. The van der Waals surface area contributed by atoms with Crippen LogP contribution in [0.4, 0.5) is 24.8 Å². The van der Waals surface area contributed by atoms with E-state index in [0.717, 1.165) is 17.0 Å². The van der Waals surface area contributed by atoms with Crippen molar-refractivity contribution in [3.8, 4) is 11.5 Å². The molecule has 1 aromatic heterocycles. The van der Waals surface area contributed by atoms with Crippen LogP contribution in [0.1, 0.15) is 23.7 Å². The summed E-state index contributed by atoms with van der Waals surface area (Å²) in [5, 5.41) is 9.99. The van der Waals surface area contributed by atoms with Gasteiger partial charge in [0.25, 0.3) is 0 Å². The van der Waals surface area contributed by atoms with Crippen LogP contribution in [-0.4, -0.2) is 41.6 Å². The fraction of sp³-hybridized carbons (Fsp3) is 0.381. The SMILES string of the molecule is COc1ccc(N2CCCn3c2nc2c(OC)ccc(C(O)C(F)(F)F)c23)c(C)c1. The first-order valence-electron chi connectivity index (χ1n) is 9.50. The smallest absolute Gasteiger partial charge is 0.418 e. The van der Waals surface area contributed by atoms with Crippen LogP contribution in [0.15, 0.2) is 30.3 Å². The quantitative estimate of drug-likeness (QED) is 0.672. The van der Waals surface area contributed by atoms with E-state index in [1.807, 2.05) is 30.0 Å². The van der Waals surface area contributed by atoms with E-state index in [4.69, 9.17) is 9.47 Å². The predicted octanol–water partition coefficient (Wildman–Crippen LogP) is 4.50. The van der Waals surface area contributed by atoms with Gasteiger partial charge in [-0.05, 0) is 43.2 Å². The highest BCUT2D eigenvalue weighted by Gasteiger charge is 2.41. The van der Waals surface area contributed by atoms with Gasteiger partial charge in [0.15, 0.2) is 6.10 Å². The normalized spacial score (nSPS) is 15.2. The molecule has 160 valence electrons. The molecule has 1 unspecified atom stereocenters. The van der Waals surface area contributed by atoms with Crippen LogP contribution < -0.4 is 14.4 Å². The van der Waals surface area contributed by atoms with Gasteiger partial charge in [0, 0.05) is 24.3 Å². The summed E-state index contributed by atoms with van der Waals surface area (Å²) in [6.45, 7) is 3.09. The Labute approximate surface area is 171 Å². The third-order valence-electron chi connectivity index (χ3n) is 5.39. The van der Waals surface area contributed by atoms with Gasteiger partial charge < -0.3 is 24.0 Å². The van der Waals surface area contributed by atoms with Gasteiger partial charge in [-0.15, -0.1) is 0 Å². The van der Waals surface area contributed by atoms with E-state index in [0.29, 0.717) is 36.7 Å². The van der Waals surface area contributed by atoms with Crippen LogP contribution in [0.3, 0.4) is 0 Å². The van der Waals surface area contributed by atoms with Crippen molar-refractivity contribution in [2.24, 2.45) is 0 Å². The minimum Gasteiger partial charge on any atom is -0.497 e. The topological polar surface area (TPSA) is 59.8 Å². The molecule has 4 rings (SSSR count). The third-order valence-corrected chi connectivity index (χ3v) is 5.39. The number of fused-ring (bicyclic) bond motifs is 3. The van der Waals surface area contributed by atoms with Gasteiger partial charge in [-0.1, -0.05) is 6.07 Å². The van der Waals surface area contributed by atoms with Gasteiger partial charge in [-0.25, -0.2) is 4.98 Å². The molecule has 1 N–H and O–H groups in total. The summed E-state index contributed by atoms with van der Waals surface area (Å²) in [5.74, 6) is 1.60. The molecule has 1 aliphatic rings. The van der Waals surface area contributed by atoms with Gasteiger partial charge in [-0.3, -0.25) is 0 Å². The molecule has 0 fully saturated rings. The van der Waals surface area contributed by atoms with Crippen molar-refractivity contribution in [3.63, 3.8) is 0 Å². The van der Waals surface area contributed by atoms with Crippen molar-refractivity contribution in [3.05, 3.63) is 41.5 Å². The number of aryl methyl sites for hydroxylation is 2. The molecule has 9 heteroatoms. The molecule has 0 radical (unpaired) electrons. The lowest BCUT2D eigenvalue weighted by molar-refractivity contribution is -0.206. The number of methoxy groups -OCH3 is 2. The summed E-state index contributed by atoms with van der Waals surface area (Å²) >= 11 is 0. The molecule has 6 nitrogen and oxygen atoms in total. The highest BCUT2D eigenvalue weighted by Crippen LogP contribution is 2.42. The number of imidazole rings is 1. The van der Waals surface area contributed by atoms with Crippen molar-refractivity contribution in [1.29, 1.82) is 0 Å². The molecular weight excluding hydrogens is 399 g/mol. The van der Waals surface area contributed by atoms with Gasteiger partial charge in [0.1, 0.15) is 17.0 Å². The molecular formula is C21H22F3N3O3. The molecule has 0 saturated carbocycles. The first-order chi connectivity index (χ1) is 14.3. The molecule has 30 heavy (non-hydrogen) atoms. The maximum Gasteiger partial charge on any atom is 0.418 e. The van der Waals surface area contributed by atoms with Crippen molar-refractivity contribution >= 4 is 22.7 Å². The predicted molar refractivity (Wildman–Crippen MR) is 107 cm³/mol. The molecule has 2 heterocycles. The molecule has 0 saturated heterocycles. The molecule has 1 aliphatic heterocycles. The number of alkyl halides is 3. The van der Waals surface area contributed by atoms with Crippen LogP contribution in [0.2, 0.25) is 0 Å². The fourth-order valence-electron chi connectivity index (χ4n) is 3.98. The minimum atomic E-state index is -4.78. The monoisotopic (exact) mass is 421 g/mol. The lowest BCUT2D eigenvalue weighted by Crippen LogP contribution is -2.29. The summed E-state index contributed by atoms with van der Waals surface area (Å²) < 4.78 is 52.3. The van der Waals surface area contributed by atoms with E-state index in [9.17, 15) is 18.3 Å². The van der Waals surface area contributed by atoms with Crippen LogP contribution >= 0.6 is 0 Å². The summed E-state index contributed by atoms with van der Waals surface area (Å²) in [6.07, 6.45) is -6.68. The Morgan fingerprint density at radius 3 is 2.50 bits per heavy atom. The minimum absolute atomic E-state index is 0.231. The number of benzene rings is 2. The van der Waals surface area contributed by atoms with E-state index in [1.54, 1.807) is 11.7 Å². The second-order valence-electron chi connectivity index (χ2n) is 7.22. The Kier molecular flexibility index (Phi) is 5.01. The van der Waals surface area contributed by atoms with E-state index >= 15 is 0 Å². The van der Waals surface area contributed by atoms with Crippen LogP contribution in [-0.2, 0) is 6.54 Å². The second-order valence-corrected chi connectivity index (χ2v) is 7.22. The lowest BCUT2D eigenvalue weighted by atomic mass is 10.1. The average Bonchev–Trinajstić information content (AvgIpc) is 3.12. The Morgan fingerprint density at radius 2 is 1.87 bits per heavy atom. The van der Waals surface area contributed by atoms with Gasteiger partial charge in [-0.2, -0.15) is 13.2 Å². The summed E-state index contributed by atoms with van der Waals surface area (Å²) in [6, 6.07) is 8.31. The number of hydrogen-bond donors (Lipinski definition) is 1. The number of anilines is 2. The zero-order valence-corrected chi connectivity index (χ0v) is 16.8. The van der Waals surface area contributed by atoms with Crippen molar-refractivity contribution in [1.82, 2.24) is 9.55 Å². The molecule has 3 aromatic rings. The molecule has 0 amide bonds. The van der Waals surface area contributed by atoms with Gasteiger partial charge >= 0.3 is 6.18 Å². The average molecular weight is 421 g/mol. The Morgan fingerprint density at radius 1 is 1.10 bits per heavy atom. The number of aliphatic hydroxyl groups excluding tert-OH is 1. The standard InChI is InChI=1S/C21H22F3N3O3/c1-12-11-13(29-2)5-7-15(12)26-9-4-10-27-18-14(19(28)21(22,23)24)6-8-16(30-3)17(18)25-20(26)27/h5-8,11,19,28H,4,9-10H2,1-3H3. The maximum absolute atomic E-state index is 13.3. The zero-order chi connectivity index (χ0) is 21.6. The van der Waals surface area contributed by atoms with Crippen molar-refractivity contribution in [2.45, 2.75) is 32.2 Å². The van der Waals surface area contributed by atoms with Crippen LogP contribution in [0, 0.1) is 6.92 Å². The molecule has 0 aliphatic carbocycles. The number of aromatic nitrogens is 2. The summed E-state index contributed by atoms with van der Waals surface area (Å²) in [4.78, 5) is 6.62. The molecule has 0 spiro atoms. The number of nitrogens with zero attached hydrogens (tertiary/aromatic N) is 3.